The number of nitrogens with two attached hydrogens (primary N) is 1. The minimum atomic E-state index is -0.542. The van der Waals surface area contributed by atoms with Gasteiger partial charge in [-0.3, -0.25) is 19.4 Å². The second kappa shape index (κ2) is 12.1. The van der Waals surface area contributed by atoms with E-state index in [1.807, 2.05) is 25.1 Å². The second-order valence-electron chi connectivity index (χ2n) is 10.1. The molecule has 3 aromatic rings. The van der Waals surface area contributed by atoms with E-state index in [1.54, 1.807) is 47.5 Å². The molecule has 2 aliphatic rings. The van der Waals surface area contributed by atoms with Crippen molar-refractivity contribution < 1.29 is 14.4 Å². The molecule has 5 N–H and O–H groups in total. The Morgan fingerprint density at radius 3 is 2.48 bits per heavy atom. The molecule has 3 amide bonds. The Balaban J connectivity index is 1.23. The zero-order valence-electron chi connectivity index (χ0n) is 22.4. The number of pyridine rings is 1. The molecule has 3 heterocycles. The largest absolute Gasteiger partial charge is 0.383 e. The quantitative estimate of drug-likeness (QED) is 0.268. The molecule has 10 heteroatoms. The number of rotatable bonds is 7. The fraction of sp³-hybridized carbons (Fsp3) is 0.300. The average Bonchev–Trinajstić information content (AvgIpc) is 3.68. The van der Waals surface area contributed by atoms with Crippen LogP contribution in [0.1, 0.15) is 47.2 Å². The lowest BCUT2D eigenvalue weighted by atomic mass is 10.1. The molecule has 2 aliphatic heterocycles. The molecule has 5 rings (SSSR count). The van der Waals surface area contributed by atoms with Crippen LogP contribution in [0, 0.1) is 6.92 Å². The molecular weight excluding hydrogens is 506 g/mol. The molecule has 2 atom stereocenters. The number of anilines is 2. The molecule has 0 radical (unpaired) electrons. The normalized spacial score (nSPS) is 18.9. The molecule has 1 aromatic heterocycles. The van der Waals surface area contributed by atoms with E-state index in [0.717, 1.165) is 31.4 Å². The van der Waals surface area contributed by atoms with Gasteiger partial charge in [0.2, 0.25) is 11.8 Å². The zero-order chi connectivity index (χ0) is 28.1. The molecule has 0 bridgehead atoms. The number of hydrogen-bond donors (Lipinski definition) is 4. The van der Waals surface area contributed by atoms with Crippen LogP contribution in [-0.4, -0.2) is 58.6 Å². The number of hydrogen-bond acceptors (Lipinski definition) is 6. The van der Waals surface area contributed by atoms with Crippen molar-refractivity contribution >= 4 is 40.6 Å². The van der Waals surface area contributed by atoms with E-state index in [1.165, 1.54) is 6.20 Å². The van der Waals surface area contributed by atoms with Crippen LogP contribution in [0.15, 0.2) is 72.0 Å². The van der Waals surface area contributed by atoms with Crippen LogP contribution in [0.25, 0.3) is 0 Å². The number of carbonyl (C=O) groups excluding carboxylic acids is 3. The molecule has 0 aliphatic carbocycles. The van der Waals surface area contributed by atoms with Crippen LogP contribution in [0.3, 0.4) is 0 Å². The number of nitrogens with one attached hydrogen (secondary N) is 3. The average molecular weight is 540 g/mol. The van der Waals surface area contributed by atoms with Crippen molar-refractivity contribution in [2.45, 2.75) is 44.7 Å². The summed E-state index contributed by atoms with van der Waals surface area (Å²) in [4.78, 5) is 48.6. The molecule has 0 saturated carbocycles. The Hall–Kier alpha value is -4.57. The Kier molecular flexibility index (Phi) is 8.16. The minimum Gasteiger partial charge on any atom is -0.383 e. The van der Waals surface area contributed by atoms with Crippen LogP contribution < -0.4 is 21.7 Å². The lowest BCUT2D eigenvalue weighted by Crippen LogP contribution is -2.43. The Labute approximate surface area is 233 Å². The lowest BCUT2D eigenvalue weighted by molar-refractivity contribution is -0.120. The Morgan fingerprint density at radius 2 is 1.75 bits per heavy atom. The topological polar surface area (TPSA) is 142 Å². The molecule has 206 valence electrons. The van der Waals surface area contributed by atoms with Gasteiger partial charge in [-0.25, -0.2) is 4.99 Å². The van der Waals surface area contributed by atoms with Gasteiger partial charge in [-0.2, -0.15) is 0 Å². The van der Waals surface area contributed by atoms with Crippen LogP contribution in [0.4, 0.5) is 17.1 Å². The maximum atomic E-state index is 13.0. The van der Waals surface area contributed by atoms with E-state index < -0.39 is 6.04 Å². The van der Waals surface area contributed by atoms with Crippen LogP contribution >= 0.6 is 0 Å². The Bertz CT molecular complexity index is 1420. The van der Waals surface area contributed by atoms with E-state index >= 15 is 0 Å². The number of nitrogens with zero attached hydrogens (tertiary/aromatic N) is 3. The predicted octanol–water partition coefficient (Wildman–Crippen LogP) is 3.36. The molecule has 2 saturated heterocycles. The van der Waals surface area contributed by atoms with Gasteiger partial charge in [0, 0.05) is 35.9 Å². The summed E-state index contributed by atoms with van der Waals surface area (Å²) in [5.74, 6) is -0.166. The van der Waals surface area contributed by atoms with Gasteiger partial charge in [-0.15, -0.1) is 0 Å². The summed E-state index contributed by atoms with van der Waals surface area (Å²) in [5.41, 5.74) is 10.3. The number of aliphatic imine (C=N–C) groups is 1. The van der Waals surface area contributed by atoms with Gasteiger partial charge in [0.25, 0.3) is 5.91 Å². The molecule has 2 fully saturated rings. The van der Waals surface area contributed by atoms with E-state index in [9.17, 15) is 14.4 Å². The second-order valence-corrected chi connectivity index (χ2v) is 10.1. The van der Waals surface area contributed by atoms with Crippen molar-refractivity contribution in [3.63, 3.8) is 0 Å². The molecule has 40 heavy (non-hydrogen) atoms. The first-order valence-electron chi connectivity index (χ1n) is 13.5. The third-order valence-electron chi connectivity index (χ3n) is 7.27. The monoisotopic (exact) mass is 539 g/mol. The van der Waals surface area contributed by atoms with Gasteiger partial charge in [0.05, 0.1) is 17.3 Å². The van der Waals surface area contributed by atoms with Crippen molar-refractivity contribution in [1.82, 2.24) is 15.2 Å². The summed E-state index contributed by atoms with van der Waals surface area (Å²) in [6, 6.07) is 15.3. The number of aryl methyl sites for hydroxylation is 1. The number of benzene rings is 2. The zero-order valence-corrected chi connectivity index (χ0v) is 22.4. The molecule has 10 nitrogen and oxygen atoms in total. The summed E-state index contributed by atoms with van der Waals surface area (Å²) in [6.45, 7) is 3.31. The fourth-order valence-electron chi connectivity index (χ4n) is 5.03. The van der Waals surface area contributed by atoms with Gasteiger partial charge >= 0.3 is 0 Å². The minimum absolute atomic E-state index is 0.0518. The number of amides is 3. The van der Waals surface area contributed by atoms with Gasteiger partial charge in [0.1, 0.15) is 11.9 Å². The third-order valence-corrected chi connectivity index (χ3v) is 7.27. The highest BCUT2D eigenvalue weighted by molar-refractivity contribution is 6.03. The molecular formula is C30H33N7O3. The van der Waals surface area contributed by atoms with Gasteiger partial charge < -0.3 is 26.6 Å². The summed E-state index contributed by atoms with van der Waals surface area (Å²) >= 11 is 0. The van der Waals surface area contributed by atoms with Gasteiger partial charge in [-0.1, -0.05) is 6.07 Å². The first kappa shape index (κ1) is 27.0. The number of likely N-dealkylation sites (tertiary alicyclic amines) is 1. The predicted molar refractivity (Wildman–Crippen MR) is 155 cm³/mol. The lowest BCUT2D eigenvalue weighted by Gasteiger charge is -2.24. The highest BCUT2D eigenvalue weighted by atomic mass is 16.2. The molecule has 0 spiro atoms. The fourth-order valence-corrected chi connectivity index (χ4v) is 5.03. The number of amidine groups is 1. The van der Waals surface area contributed by atoms with Gasteiger partial charge in [0.15, 0.2) is 0 Å². The van der Waals surface area contributed by atoms with E-state index in [4.69, 9.17) is 5.73 Å². The SMILES string of the molecule is Cc1ccc(NC(=O)C2CCCN2)cc1N=C(N)c1ccc(NC(=O)C2CCCN2C(=O)c2cccnc2)cc1. The molecule has 2 aromatic carbocycles. The maximum Gasteiger partial charge on any atom is 0.256 e. The smallest absolute Gasteiger partial charge is 0.256 e. The van der Waals surface area contributed by atoms with Crippen LogP contribution in [-0.2, 0) is 9.59 Å². The first-order chi connectivity index (χ1) is 19.4. The summed E-state index contributed by atoms with van der Waals surface area (Å²) in [6.07, 6.45) is 6.31. The third kappa shape index (κ3) is 6.18. The van der Waals surface area contributed by atoms with Crippen molar-refractivity contribution in [1.29, 1.82) is 0 Å². The summed E-state index contributed by atoms with van der Waals surface area (Å²) < 4.78 is 0. The van der Waals surface area contributed by atoms with Crippen molar-refractivity contribution in [3.8, 4) is 0 Å². The van der Waals surface area contributed by atoms with Gasteiger partial charge in [-0.05, 0) is 93.2 Å². The van der Waals surface area contributed by atoms with E-state index in [2.05, 4.69) is 25.9 Å². The van der Waals surface area contributed by atoms with E-state index in [0.29, 0.717) is 47.0 Å². The summed E-state index contributed by atoms with van der Waals surface area (Å²) in [5, 5.41) is 9.07. The highest BCUT2D eigenvalue weighted by Gasteiger charge is 2.34. The van der Waals surface area contributed by atoms with Crippen molar-refractivity contribution in [2.24, 2.45) is 10.7 Å². The number of aromatic nitrogens is 1. The summed E-state index contributed by atoms with van der Waals surface area (Å²) in [7, 11) is 0. The molecule has 2 unspecified atom stereocenters. The van der Waals surface area contributed by atoms with Crippen LogP contribution in [0.2, 0.25) is 0 Å². The van der Waals surface area contributed by atoms with Crippen molar-refractivity contribution in [3.05, 3.63) is 83.7 Å². The Morgan fingerprint density at radius 1 is 0.975 bits per heavy atom. The number of carbonyl (C=O) groups is 3. The highest BCUT2D eigenvalue weighted by Crippen LogP contribution is 2.25. The van der Waals surface area contributed by atoms with Crippen molar-refractivity contribution in [2.75, 3.05) is 23.7 Å². The van der Waals surface area contributed by atoms with E-state index in [-0.39, 0.29) is 23.8 Å². The standard InChI is InChI=1S/C30H33N7O3/c1-19-8-11-23(35-28(38)24-6-3-15-33-24)17-25(19)36-27(31)20-9-12-22(13-10-20)34-29(39)26-7-4-16-37(26)30(40)21-5-2-14-32-18-21/h2,5,8-14,17-18,24,26,33H,3-4,6-7,15-16H2,1H3,(H2,31,36)(H,34,39)(H,35,38). The maximum absolute atomic E-state index is 13.0. The first-order valence-corrected chi connectivity index (χ1v) is 13.5. The van der Waals surface area contributed by atoms with Crippen LogP contribution in [0.5, 0.6) is 0 Å².